The molecule has 39 heavy (non-hydrogen) atoms. The summed E-state index contributed by atoms with van der Waals surface area (Å²) in [6.45, 7) is 10.2. The maximum atomic E-state index is 13.8. The number of benzene rings is 1. The van der Waals surface area contributed by atoms with Crippen molar-refractivity contribution in [3.8, 4) is 0 Å². The number of likely N-dealkylation sites (N-methyl/N-ethyl adjacent to an activating group) is 1. The molecule has 9 nitrogen and oxygen atoms in total. The van der Waals surface area contributed by atoms with Gasteiger partial charge >= 0.3 is 6.09 Å². The number of imide groups is 1. The molecule has 2 aromatic rings. The van der Waals surface area contributed by atoms with E-state index in [1.807, 2.05) is 13.8 Å². The van der Waals surface area contributed by atoms with Crippen LogP contribution in [0.2, 0.25) is 0 Å². The molecule has 1 aliphatic rings. The Hall–Kier alpha value is -2.63. The van der Waals surface area contributed by atoms with E-state index in [4.69, 9.17) is 10.5 Å². The maximum absolute atomic E-state index is 13.8. The topological polar surface area (TPSA) is 121 Å². The molecular weight excluding hydrogens is 572 g/mol. The minimum absolute atomic E-state index is 0. The maximum Gasteiger partial charge on any atom is 0.416 e. The SMILES string of the molecule is CCN(CC)CCN(C(=O)OCCCN)C(=O)c1c(C)[nH]c(/C=C2\C(=O)Nc3ccc(F)cc32)c1C.Cl.Cl.Cl. The first-order valence-corrected chi connectivity index (χ1v) is 12.1. The third kappa shape index (κ3) is 8.43. The zero-order chi connectivity index (χ0) is 26.4. The number of halogens is 4. The van der Waals surface area contributed by atoms with Crippen LogP contribution in [-0.4, -0.2) is 72.0 Å². The van der Waals surface area contributed by atoms with E-state index < -0.39 is 17.8 Å². The molecule has 3 rings (SSSR count). The highest BCUT2D eigenvalue weighted by molar-refractivity contribution is 6.35. The van der Waals surface area contributed by atoms with Crippen molar-refractivity contribution in [3.05, 3.63) is 52.1 Å². The molecule has 218 valence electrons. The number of ether oxygens (including phenoxy) is 1. The number of hydrogen-bond acceptors (Lipinski definition) is 6. The molecule has 0 bridgehead atoms. The van der Waals surface area contributed by atoms with Crippen LogP contribution in [0.3, 0.4) is 0 Å². The number of nitrogens with zero attached hydrogens (tertiary/aromatic N) is 2. The molecule has 0 unspecified atom stereocenters. The van der Waals surface area contributed by atoms with Gasteiger partial charge in [-0.1, -0.05) is 13.8 Å². The third-order valence-corrected chi connectivity index (χ3v) is 6.32. The predicted molar refractivity (Wildman–Crippen MR) is 159 cm³/mol. The van der Waals surface area contributed by atoms with Crippen LogP contribution < -0.4 is 11.1 Å². The first kappa shape index (κ1) is 36.4. The molecule has 3 amide bonds. The summed E-state index contributed by atoms with van der Waals surface area (Å²) in [7, 11) is 0. The summed E-state index contributed by atoms with van der Waals surface area (Å²) >= 11 is 0. The van der Waals surface area contributed by atoms with Crippen molar-refractivity contribution in [2.75, 3.05) is 44.6 Å². The Morgan fingerprint density at radius 3 is 2.38 bits per heavy atom. The number of rotatable bonds is 10. The third-order valence-electron chi connectivity index (χ3n) is 6.32. The van der Waals surface area contributed by atoms with Crippen LogP contribution in [0.1, 0.15) is 53.1 Å². The van der Waals surface area contributed by atoms with E-state index in [9.17, 15) is 18.8 Å². The number of carbonyl (C=O) groups excluding carboxylic acids is 3. The number of fused-ring (bicyclic) bond motifs is 1. The van der Waals surface area contributed by atoms with Gasteiger partial charge in [0.05, 0.1) is 17.7 Å². The number of anilines is 1. The largest absolute Gasteiger partial charge is 0.449 e. The first-order chi connectivity index (χ1) is 17.2. The lowest BCUT2D eigenvalue weighted by atomic mass is 10.0. The molecule has 0 spiro atoms. The highest BCUT2D eigenvalue weighted by Crippen LogP contribution is 2.34. The number of nitrogens with two attached hydrogens (primary N) is 1. The van der Waals surface area contributed by atoms with E-state index in [-0.39, 0.29) is 61.9 Å². The second-order valence-corrected chi connectivity index (χ2v) is 8.61. The average molecular weight is 609 g/mol. The monoisotopic (exact) mass is 607 g/mol. The summed E-state index contributed by atoms with van der Waals surface area (Å²) in [5.74, 6) is -1.30. The van der Waals surface area contributed by atoms with Crippen molar-refractivity contribution in [1.29, 1.82) is 0 Å². The van der Waals surface area contributed by atoms with Crippen molar-refractivity contribution >= 4 is 72.5 Å². The predicted octanol–water partition coefficient (Wildman–Crippen LogP) is 4.80. The van der Waals surface area contributed by atoms with Gasteiger partial charge in [-0.25, -0.2) is 14.1 Å². The Morgan fingerprint density at radius 1 is 1.10 bits per heavy atom. The molecule has 0 fully saturated rings. The summed E-state index contributed by atoms with van der Waals surface area (Å²) < 4.78 is 19.1. The van der Waals surface area contributed by atoms with Crippen molar-refractivity contribution in [3.63, 3.8) is 0 Å². The van der Waals surface area contributed by atoms with E-state index in [0.29, 0.717) is 53.3 Å². The number of hydrogen-bond donors (Lipinski definition) is 3. The molecule has 4 N–H and O–H groups in total. The van der Waals surface area contributed by atoms with Crippen molar-refractivity contribution in [2.24, 2.45) is 5.73 Å². The Morgan fingerprint density at radius 2 is 1.77 bits per heavy atom. The van der Waals surface area contributed by atoms with Crippen molar-refractivity contribution in [2.45, 2.75) is 34.1 Å². The molecule has 0 saturated carbocycles. The van der Waals surface area contributed by atoms with Gasteiger partial charge in [-0.2, -0.15) is 0 Å². The average Bonchev–Trinajstić information content (AvgIpc) is 3.31. The van der Waals surface area contributed by atoms with Crippen LogP contribution in [0.4, 0.5) is 14.9 Å². The van der Waals surface area contributed by atoms with Gasteiger partial charge in [-0.15, -0.1) is 37.2 Å². The number of aromatic amines is 1. The smallest absolute Gasteiger partial charge is 0.416 e. The number of nitrogens with one attached hydrogen (secondary N) is 2. The van der Waals surface area contributed by atoms with Crippen LogP contribution in [-0.2, 0) is 9.53 Å². The molecule has 0 atom stereocenters. The molecule has 2 heterocycles. The minimum atomic E-state index is -0.722. The summed E-state index contributed by atoms with van der Waals surface area (Å²) in [6.07, 6.45) is 1.37. The zero-order valence-corrected chi connectivity index (χ0v) is 24.9. The normalized spacial score (nSPS) is 12.7. The second kappa shape index (κ2) is 16.5. The molecule has 0 saturated heterocycles. The number of aryl methyl sites for hydroxylation is 1. The van der Waals surface area contributed by atoms with E-state index in [1.165, 1.54) is 18.2 Å². The van der Waals surface area contributed by atoms with Gasteiger partial charge in [0.15, 0.2) is 0 Å². The van der Waals surface area contributed by atoms with Crippen LogP contribution >= 0.6 is 37.2 Å². The van der Waals surface area contributed by atoms with Gasteiger partial charge in [0.25, 0.3) is 11.8 Å². The Kier molecular flexibility index (Phi) is 15.4. The number of amides is 3. The molecule has 1 aromatic heterocycles. The lowest BCUT2D eigenvalue weighted by Gasteiger charge is -2.25. The fourth-order valence-corrected chi connectivity index (χ4v) is 4.20. The lowest BCUT2D eigenvalue weighted by molar-refractivity contribution is -0.110. The zero-order valence-electron chi connectivity index (χ0n) is 22.5. The Balaban J connectivity index is 0.00000481. The molecule has 13 heteroatoms. The van der Waals surface area contributed by atoms with Gasteiger partial charge in [0, 0.05) is 35.7 Å². The second-order valence-electron chi connectivity index (χ2n) is 8.61. The summed E-state index contributed by atoms with van der Waals surface area (Å²) in [4.78, 5) is 45.4. The van der Waals surface area contributed by atoms with Crippen molar-refractivity contribution < 1.29 is 23.5 Å². The van der Waals surface area contributed by atoms with Crippen molar-refractivity contribution in [1.82, 2.24) is 14.8 Å². The fourth-order valence-electron chi connectivity index (χ4n) is 4.20. The van der Waals surface area contributed by atoms with Gasteiger partial charge in [-0.3, -0.25) is 9.59 Å². The minimum Gasteiger partial charge on any atom is -0.449 e. The van der Waals surface area contributed by atoms with Gasteiger partial charge in [0.2, 0.25) is 0 Å². The molecule has 1 aromatic carbocycles. The quantitative estimate of drug-likeness (QED) is 0.263. The molecular formula is C26H37Cl3FN5O4. The van der Waals surface area contributed by atoms with E-state index in [0.717, 1.165) is 18.0 Å². The Labute approximate surface area is 246 Å². The van der Waals surface area contributed by atoms with E-state index >= 15 is 0 Å². The lowest BCUT2D eigenvalue weighted by Crippen LogP contribution is -2.43. The van der Waals surface area contributed by atoms with E-state index in [2.05, 4.69) is 15.2 Å². The number of H-pyrrole nitrogens is 1. The van der Waals surface area contributed by atoms with Crippen LogP contribution in [0.25, 0.3) is 11.6 Å². The summed E-state index contributed by atoms with van der Waals surface area (Å²) in [6, 6.07) is 4.08. The molecule has 0 radical (unpaired) electrons. The van der Waals surface area contributed by atoms with Gasteiger partial charge in [0.1, 0.15) is 5.82 Å². The number of aromatic nitrogens is 1. The summed E-state index contributed by atoms with van der Waals surface area (Å²) in [5, 5.41) is 2.72. The number of carbonyl (C=O) groups is 3. The van der Waals surface area contributed by atoms with Crippen LogP contribution in [0.5, 0.6) is 0 Å². The van der Waals surface area contributed by atoms with E-state index in [1.54, 1.807) is 19.9 Å². The highest BCUT2D eigenvalue weighted by atomic mass is 35.5. The molecule has 1 aliphatic heterocycles. The fraction of sp³-hybridized carbons (Fsp3) is 0.423. The first-order valence-electron chi connectivity index (χ1n) is 12.1. The molecule has 0 aliphatic carbocycles. The Bertz CT molecular complexity index is 1180. The van der Waals surface area contributed by atoms with Gasteiger partial charge < -0.3 is 25.7 Å². The van der Waals surface area contributed by atoms with Crippen LogP contribution in [0.15, 0.2) is 18.2 Å². The summed E-state index contributed by atoms with van der Waals surface area (Å²) in [5.41, 5.74) is 8.73. The van der Waals surface area contributed by atoms with Gasteiger partial charge in [-0.05, 0) is 69.7 Å². The standard InChI is InChI=1S/C26H34FN5O4.3ClH/c1-5-31(6-2)11-12-32(26(35)36-13-7-10-28)25(34)23-16(3)22(29-17(23)4)15-20-19-14-18(27)8-9-21(19)30-24(20)33;;;/h8-9,14-15,29H,5-7,10-13,28H2,1-4H3,(H,30,33);3*1H/b20-15-;;;. The highest BCUT2D eigenvalue weighted by Gasteiger charge is 2.30. The van der Waals surface area contributed by atoms with Crippen LogP contribution in [0, 0.1) is 19.7 Å².